The molecule has 1 aliphatic rings. The molecule has 0 aromatic carbocycles. The van der Waals surface area contributed by atoms with Crippen molar-refractivity contribution in [2.75, 3.05) is 0 Å². The maximum atomic E-state index is 12.0. The van der Waals surface area contributed by atoms with E-state index in [-0.39, 0.29) is 5.56 Å². The Kier molecular flexibility index (Phi) is 2.99. The molecule has 3 rings (SSSR count). The molecule has 1 N–H and O–H groups in total. The summed E-state index contributed by atoms with van der Waals surface area (Å²) in [6.45, 7) is 0. The van der Waals surface area contributed by atoms with Gasteiger partial charge in [0, 0.05) is 16.2 Å². The molecule has 92 valence electrons. The molecule has 5 heteroatoms. The van der Waals surface area contributed by atoms with Crippen molar-refractivity contribution >= 4 is 15.9 Å². The number of hydrogen-bond acceptors (Lipinski definition) is 3. The number of aromatic amines is 1. The van der Waals surface area contributed by atoms with Crippen LogP contribution in [0.2, 0.25) is 0 Å². The van der Waals surface area contributed by atoms with E-state index in [0.717, 1.165) is 41.4 Å². The summed E-state index contributed by atoms with van der Waals surface area (Å²) >= 11 is 3.43. The van der Waals surface area contributed by atoms with Crippen LogP contribution in [0.1, 0.15) is 24.1 Å². The molecule has 0 spiro atoms. The number of aryl methyl sites for hydroxylation is 1. The molecule has 0 aliphatic heterocycles. The second-order valence-corrected chi connectivity index (χ2v) is 5.24. The highest BCUT2D eigenvalue weighted by Gasteiger charge is 2.17. The van der Waals surface area contributed by atoms with E-state index in [9.17, 15) is 4.79 Å². The first-order valence-electron chi connectivity index (χ1n) is 5.98. The van der Waals surface area contributed by atoms with Gasteiger partial charge in [-0.25, -0.2) is 4.98 Å². The molecule has 2 aromatic heterocycles. The van der Waals surface area contributed by atoms with Gasteiger partial charge in [0.25, 0.3) is 5.56 Å². The summed E-state index contributed by atoms with van der Waals surface area (Å²) in [5, 5.41) is 0. The molecule has 2 aromatic rings. The van der Waals surface area contributed by atoms with Crippen molar-refractivity contribution in [3.05, 3.63) is 44.4 Å². The Labute approximate surface area is 113 Å². The van der Waals surface area contributed by atoms with Crippen LogP contribution < -0.4 is 5.56 Å². The predicted octanol–water partition coefficient (Wildman–Crippen LogP) is 2.47. The smallest absolute Gasteiger partial charge is 0.254 e. The fourth-order valence-electron chi connectivity index (χ4n) is 2.28. The minimum Gasteiger partial charge on any atom is -0.305 e. The highest BCUT2D eigenvalue weighted by Crippen LogP contribution is 2.24. The molecule has 0 radical (unpaired) electrons. The predicted molar refractivity (Wildman–Crippen MR) is 72.4 cm³/mol. The summed E-state index contributed by atoms with van der Waals surface area (Å²) in [4.78, 5) is 23.7. The number of pyridine rings is 1. The molecule has 0 saturated heterocycles. The van der Waals surface area contributed by atoms with Crippen molar-refractivity contribution in [3.63, 3.8) is 0 Å². The van der Waals surface area contributed by atoms with E-state index >= 15 is 0 Å². The summed E-state index contributed by atoms with van der Waals surface area (Å²) < 4.78 is 0.837. The first-order valence-corrected chi connectivity index (χ1v) is 6.78. The molecule has 0 amide bonds. The van der Waals surface area contributed by atoms with Gasteiger partial charge in [-0.1, -0.05) is 0 Å². The largest absolute Gasteiger partial charge is 0.305 e. The van der Waals surface area contributed by atoms with E-state index in [0.29, 0.717) is 11.5 Å². The van der Waals surface area contributed by atoms with Crippen LogP contribution in [0, 0.1) is 0 Å². The summed E-state index contributed by atoms with van der Waals surface area (Å²) in [5.74, 6) is 0.549. The number of hydrogen-bond donors (Lipinski definition) is 1. The van der Waals surface area contributed by atoms with Crippen molar-refractivity contribution in [3.8, 4) is 11.5 Å². The highest BCUT2D eigenvalue weighted by molar-refractivity contribution is 9.10. The topological polar surface area (TPSA) is 58.6 Å². The summed E-state index contributed by atoms with van der Waals surface area (Å²) in [6.07, 6.45) is 5.59. The van der Waals surface area contributed by atoms with E-state index in [2.05, 4.69) is 30.9 Å². The molecule has 4 nitrogen and oxygen atoms in total. The molecule has 0 bridgehead atoms. The Morgan fingerprint density at radius 2 is 2.11 bits per heavy atom. The fraction of sp³-hybridized carbons (Fsp3) is 0.308. The zero-order valence-corrected chi connectivity index (χ0v) is 11.3. The Morgan fingerprint density at radius 1 is 1.28 bits per heavy atom. The standard InChI is InChI=1S/C13H12BrN3O/c14-9-5-3-7-15-11(9)12-16-10-6-2-1-4-8(10)13(18)17-12/h3,5,7H,1-2,4,6H2,(H,16,17,18). The lowest BCUT2D eigenvalue weighted by atomic mass is 9.97. The minimum atomic E-state index is -0.0211. The average molecular weight is 306 g/mol. The van der Waals surface area contributed by atoms with Crippen LogP contribution in [0.15, 0.2) is 27.6 Å². The Balaban J connectivity index is 2.17. The zero-order chi connectivity index (χ0) is 12.5. The van der Waals surface area contributed by atoms with Gasteiger partial charge in [0.2, 0.25) is 0 Å². The molecule has 1 aliphatic carbocycles. The molecule has 18 heavy (non-hydrogen) atoms. The van der Waals surface area contributed by atoms with Crippen LogP contribution in [0.5, 0.6) is 0 Å². The molecule has 0 unspecified atom stereocenters. The maximum Gasteiger partial charge on any atom is 0.254 e. The SMILES string of the molecule is O=c1[nH]c(-c2ncccc2Br)nc2c1CCCC2. The molecule has 0 saturated carbocycles. The van der Waals surface area contributed by atoms with Crippen molar-refractivity contribution in [2.45, 2.75) is 25.7 Å². The summed E-state index contributed by atoms with van der Waals surface area (Å²) in [6, 6.07) is 3.73. The van der Waals surface area contributed by atoms with E-state index in [1.54, 1.807) is 6.20 Å². The van der Waals surface area contributed by atoms with Crippen LogP contribution in [-0.2, 0) is 12.8 Å². The Morgan fingerprint density at radius 3 is 2.94 bits per heavy atom. The fourth-order valence-corrected chi connectivity index (χ4v) is 2.72. The number of nitrogens with one attached hydrogen (secondary N) is 1. The lowest BCUT2D eigenvalue weighted by Crippen LogP contribution is -2.21. The van der Waals surface area contributed by atoms with Gasteiger partial charge in [0.1, 0.15) is 5.69 Å². The Bertz CT molecular complexity index is 651. The van der Waals surface area contributed by atoms with Gasteiger partial charge < -0.3 is 4.98 Å². The van der Waals surface area contributed by atoms with Gasteiger partial charge >= 0.3 is 0 Å². The van der Waals surface area contributed by atoms with Gasteiger partial charge in [-0.3, -0.25) is 9.78 Å². The quantitative estimate of drug-likeness (QED) is 0.880. The number of H-pyrrole nitrogens is 1. The third-order valence-corrected chi connectivity index (χ3v) is 3.81. The van der Waals surface area contributed by atoms with E-state index in [4.69, 9.17) is 0 Å². The van der Waals surface area contributed by atoms with Crippen LogP contribution in [0.3, 0.4) is 0 Å². The van der Waals surface area contributed by atoms with Gasteiger partial charge in [0.15, 0.2) is 5.82 Å². The van der Waals surface area contributed by atoms with Crippen LogP contribution in [0.25, 0.3) is 11.5 Å². The number of halogens is 1. The highest BCUT2D eigenvalue weighted by atomic mass is 79.9. The first-order chi connectivity index (χ1) is 8.75. The normalized spacial score (nSPS) is 14.3. The summed E-state index contributed by atoms with van der Waals surface area (Å²) in [7, 11) is 0. The third kappa shape index (κ3) is 1.99. The minimum absolute atomic E-state index is 0.0211. The Hall–Kier alpha value is -1.49. The second-order valence-electron chi connectivity index (χ2n) is 4.38. The summed E-state index contributed by atoms with van der Waals surface area (Å²) in [5.41, 5.74) is 2.44. The van der Waals surface area contributed by atoms with Gasteiger partial charge in [-0.15, -0.1) is 0 Å². The number of rotatable bonds is 1. The average Bonchev–Trinajstić information content (AvgIpc) is 2.39. The monoisotopic (exact) mass is 305 g/mol. The van der Waals surface area contributed by atoms with E-state index < -0.39 is 0 Å². The van der Waals surface area contributed by atoms with Crippen LogP contribution in [0.4, 0.5) is 0 Å². The maximum absolute atomic E-state index is 12.0. The van der Waals surface area contributed by atoms with Crippen LogP contribution in [-0.4, -0.2) is 15.0 Å². The molecular formula is C13H12BrN3O. The van der Waals surface area contributed by atoms with Gasteiger partial charge in [-0.05, 0) is 53.7 Å². The lowest BCUT2D eigenvalue weighted by Gasteiger charge is -2.14. The van der Waals surface area contributed by atoms with Crippen molar-refractivity contribution < 1.29 is 0 Å². The molecule has 0 atom stereocenters. The second kappa shape index (κ2) is 4.65. The molecule has 0 fully saturated rings. The van der Waals surface area contributed by atoms with E-state index in [1.165, 1.54) is 0 Å². The van der Waals surface area contributed by atoms with Crippen LogP contribution >= 0.6 is 15.9 Å². The number of fused-ring (bicyclic) bond motifs is 1. The van der Waals surface area contributed by atoms with E-state index in [1.807, 2.05) is 12.1 Å². The third-order valence-electron chi connectivity index (χ3n) is 3.17. The lowest BCUT2D eigenvalue weighted by molar-refractivity contribution is 0.657. The van der Waals surface area contributed by atoms with Gasteiger partial charge in [0.05, 0.1) is 5.69 Å². The van der Waals surface area contributed by atoms with Gasteiger partial charge in [-0.2, -0.15) is 0 Å². The van der Waals surface area contributed by atoms with Crippen molar-refractivity contribution in [1.82, 2.24) is 15.0 Å². The zero-order valence-electron chi connectivity index (χ0n) is 9.74. The van der Waals surface area contributed by atoms with Crippen molar-refractivity contribution in [2.24, 2.45) is 0 Å². The number of nitrogens with zero attached hydrogens (tertiary/aromatic N) is 2. The molecular weight excluding hydrogens is 294 g/mol. The number of aromatic nitrogens is 3. The first kappa shape index (κ1) is 11.6. The molecule has 2 heterocycles. The van der Waals surface area contributed by atoms with Crippen molar-refractivity contribution in [1.29, 1.82) is 0 Å².